The topological polar surface area (TPSA) is 43.1 Å². The Balaban J connectivity index is 2.65. The van der Waals surface area contributed by atoms with Crippen LogP contribution in [0, 0.1) is 0 Å². The van der Waals surface area contributed by atoms with Crippen LogP contribution in [0.15, 0.2) is 21.4 Å². The molecule has 0 spiro atoms. The minimum atomic E-state index is -0.177. The quantitative estimate of drug-likeness (QED) is 0.727. The van der Waals surface area contributed by atoms with E-state index >= 15 is 0 Å². The first-order chi connectivity index (χ1) is 8.29. The van der Waals surface area contributed by atoms with Crippen molar-refractivity contribution in [3.8, 4) is 0 Å². The molecule has 0 amide bonds. The molecule has 0 atom stereocenters. The van der Waals surface area contributed by atoms with E-state index in [1.165, 1.54) is 6.92 Å². The molecule has 0 saturated heterocycles. The fourth-order valence-electron chi connectivity index (χ4n) is 1.50. The van der Waals surface area contributed by atoms with Crippen LogP contribution in [0.1, 0.15) is 33.6 Å². The fraction of sp³-hybridized carbons (Fsp3) is 0.385. The number of hydrogen-bond acceptors (Lipinski definition) is 4. The van der Waals surface area contributed by atoms with E-state index in [2.05, 4.69) is 4.98 Å². The minimum absolute atomic E-state index is 0.0295. The van der Waals surface area contributed by atoms with Crippen LogP contribution < -0.4 is 0 Å². The maximum Gasteiger partial charge on any atom is 0.200 e. The summed E-state index contributed by atoms with van der Waals surface area (Å²) in [4.78, 5) is 16.3. The largest absolute Gasteiger partial charge is 0.439 e. The van der Waals surface area contributed by atoms with Crippen LogP contribution in [-0.2, 0) is 10.2 Å². The number of rotatable bonds is 1. The molecular formula is C13H14ClNO2S. The Morgan fingerprint density at radius 2 is 2.06 bits per heavy atom. The maximum absolute atomic E-state index is 11.3. The smallest absolute Gasteiger partial charge is 0.200 e. The summed E-state index contributed by atoms with van der Waals surface area (Å²) < 4.78 is 5.78. The van der Waals surface area contributed by atoms with Gasteiger partial charge in [0.15, 0.2) is 10.7 Å². The van der Waals surface area contributed by atoms with E-state index in [0.717, 1.165) is 17.3 Å². The van der Waals surface area contributed by atoms with Gasteiger partial charge < -0.3 is 4.42 Å². The third-order valence-electron chi connectivity index (χ3n) is 2.35. The average Bonchev–Trinajstić information content (AvgIpc) is 2.65. The molecule has 0 radical (unpaired) electrons. The second-order valence-corrected chi connectivity index (χ2v) is 6.68. The SMILES string of the molecule is CC(=O)Sc1c(Cl)ccc2nc(C(C)(C)C)oc12. The Kier molecular flexibility index (Phi) is 3.43. The highest BCUT2D eigenvalue weighted by molar-refractivity contribution is 8.13. The number of carbonyl (C=O) groups is 1. The molecule has 2 aromatic rings. The zero-order chi connectivity index (χ0) is 13.5. The molecule has 0 bridgehead atoms. The highest BCUT2D eigenvalue weighted by Crippen LogP contribution is 2.37. The summed E-state index contributed by atoms with van der Waals surface area (Å²) in [5, 5.41) is 0.484. The van der Waals surface area contributed by atoms with E-state index in [0.29, 0.717) is 21.4 Å². The third kappa shape index (κ3) is 2.54. The van der Waals surface area contributed by atoms with Gasteiger partial charge in [-0.15, -0.1) is 0 Å². The van der Waals surface area contributed by atoms with Crippen molar-refractivity contribution in [2.75, 3.05) is 0 Å². The summed E-state index contributed by atoms with van der Waals surface area (Å²) in [5.41, 5.74) is 1.14. The van der Waals surface area contributed by atoms with Crippen LogP contribution in [0.3, 0.4) is 0 Å². The van der Waals surface area contributed by atoms with Crippen LogP contribution in [0.4, 0.5) is 0 Å². The fourth-order valence-corrected chi connectivity index (χ4v) is 2.46. The number of carbonyl (C=O) groups excluding carboxylic acids is 1. The van der Waals surface area contributed by atoms with E-state index in [9.17, 15) is 4.79 Å². The average molecular weight is 284 g/mol. The lowest BCUT2D eigenvalue weighted by Crippen LogP contribution is -2.10. The molecule has 0 fully saturated rings. The highest BCUT2D eigenvalue weighted by Gasteiger charge is 2.23. The van der Waals surface area contributed by atoms with Gasteiger partial charge >= 0.3 is 0 Å². The van der Waals surface area contributed by atoms with Gasteiger partial charge in [-0.3, -0.25) is 4.79 Å². The lowest BCUT2D eigenvalue weighted by atomic mass is 9.97. The molecule has 5 heteroatoms. The Hall–Kier alpha value is -1.00. The van der Waals surface area contributed by atoms with Crippen LogP contribution in [-0.4, -0.2) is 10.1 Å². The van der Waals surface area contributed by atoms with Crippen molar-refractivity contribution in [3.63, 3.8) is 0 Å². The Morgan fingerprint density at radius 1 is 1.39 bits per heavy atom. The lowest BCUT2D eigenvalue weighted by molar-refractivity contribution is -0.109. The summed E-state index contributed by atoms with van der Waals surface area (Å²) >= 11 is 7.18. The first-order valence-corrected chi connectivity index (χ1v) is 6.76. The molecule has 0 aliphatic heterocycles. The summed E-state index contributed by atoms with van der Waals surface area (Å²) in [6, 6.07) is 3.55. The number of hydrogen-bond donors (Lipinski definition) is 0. The standard InChI is InChI=1S/C13H14ClNO2S/c1-7(16)18-11-8(14)5-6-9-10(11)17-12(15-9)13(2,3)4/h5-6H,1-4H3. The number of nitrogens with zero attached hydrogens (tertiary/aromatic N) is 1. The minimum Gasteiger partial charge on any atom is -0.439 e. The van der Waals surface area contributed by atoms with Crippen molar-refractivity contribution in [2.24, 2.45) is 0 Å². The van der Waals surface area contributed by atoms with Gasteiger partial charge in [-0.05, 0) is 23.9 Å². The summed E-state index contributed by atoms with van der Waals surface area (Å²) in [6.07, 6.45) is 0. The predicted octanol–water partition coefficient (Wildman–Crippen LogP) is 4.42. The van der Waals surface area contributed by atoms with Crippen LogP contribution in [0.25, 0.3) is 11.1 Å². The van der Waals surface area contributed by atoms with Crippen LogP contribution in [0.2, 0.25) is 5.02 Å². The van der Waals surface area contributed by atoms with Crippen molar-refractivity contribution in [3.05, 3.63) is 23.0 Å². The molecule has 18 heavy (non-hydrogen) atoms. The highest BCUT2D eigenvalue weighted by atomic mass is 35.5. The molecule has 1 aromatic carbocycles. The van der Waals surface area contributed by atoms with E-state index in [4.69, 9.17) is 16.0 Å². The molecule has 1 aromatic heterocycles. The Labute approximate surface area is 115 Å². The Bertz CT molecular complexity index is 613. The molecule has 0 N–H and O–H groups in total. The normalized spacial score (nSPS) is 12.1. The lowest BCUT2D eigenvalue weighted by Gasteiger charge is -2.11. The molecule has 96 valence electrons. The van der Waals surface area contributed by atoms with Gasteiger partial charge in [0, 0.05) is 12.3 Å². The Morgan fingerprint density at radius 3 is 2.61 bits per heavy atom. The molecule has 3 nitrogen and oxygen atoms in total. The molecule has 2 rings (SSSR count). The number of aromatic nitrogens is 1. The van der Waals surface area contributed by atoms with Crippen molar-refractivity contribution in [1.82, 2.24) is 4.98 Å². The van der Waals surface area contributed by atoms with Crippen molar-refractivity contribution >= 4 is 39.6 Å². The van der Waals surface area contributed by atoms with E-state index in [1.54, 1.807) is 12.1 Å². The third-order valence-corrected chi connectivity index (χ3v) is 3.68. The number of benzene rings is 1. The van der Waals surface area contributed by atoms with Gasteiger partial charge in [-0.2, -0.15) is 0 Å². The number of fused-ring (bicyclic) bond motifs is 1. The second-order valence-electron chi connectivity index (χ2n) is 5.09. The van der Waals surface area contributed by atoms with E-state index < -0.39 is 0 Å². The first-order valence-electron chi connectivity index (χ1n) is 5.57. The summed E-state index contributed by atoms with van der Waals surface area (Å²) in [5.74, 6) is 0.644. The number of thioether (sulfide) groups is 1. The number of halogens is 1. The molecule has 1 heterocycles. The molecular weight excluding hydrogens is 270 g/mol. The first kappa shape index (κ1) is 13.4. The van der Waals surface area contributed by atoms with Crippen molar-refractivity contribution in [1.29, 1.82) is 0 Å². The van der Waals surface area contributed by atoms with Crippen molar-refractivity contribution < 1.29 is 9.21 Å². The molecule has 0 unspecified atom stereocenters. The van der Waals surface area contributed by atoms with E-state index in [1.807, 2.05) is 20.8 Å². The van der Waals surface area contributed by atoms with E-state index in [-0.39, 0.29) is 10.5 Å². The van der Waals surface area contributed by atoms with Gasteiger partial charge in [-0.25, -0.2) is 4.98 Å². The molecule has 0 aliphatic carbocycles. The van der Waals surface area contributed by atoms with Crippen LogP contribution >= 0.6 is 23.4 Å². The monoisotopic (exact) mass is 283 g/mol. The second kappa shape index (κ2) is 4.59. The van der Waals surface area contributed by atoms with Gasteiger partial charge in [0.25, 0.3) is 0 Å². The maximum atomic E-state index is 11.3. The zero-order valence-electron chi connectivity index (χ0n) is 10.7. The zero-order valence-corrected chi connectivity index (χ0v) is 12.3. The van der Waals surface area contributed by atoms with Crippen LogP contribution in [0.5, 0.6) is 0 Å². The van der Waals surface area contributed by atoms with Crippen molar-refractivity contribution in [2.45, 2.75) is 38.0 Å². The molecule has 0 aliphatic rings. The number of oxazole rings is 1. The van der Waals surface area contributed by atoms with Gasteiger partial charge in [0.1, 0.15) is 5.52 Å². The van der Waals surface area contributed by atoms with Gasteiger partial charge in [0.05, 0.1) is 9.92 Å². The van der Waals surface area contributed by atoms with Gasteiger partial charge in [0.2, 0.25) is 5.89 Å². The summed E-state index contributed by atoms with van der Waals surface area (Å²) in [7, 11) is 0. The molecule has 0 saturated carbocycles. The summed E-state index contributed by atoms with van der Waals surface area (Å²) in [6.45, 7) is 7.58. The van der Waals surface area contributed by atoms with Gasteiger partial charge in [-0.1, -0.05) is 32.4 Å². The predicted molar refractivity (Wildman–Crippen MR) is 74.3 cm³/mol.